The smallest absolute Gasteiger partial charge is 0.0950 e. The first-order valence-corrected chi connectivity index (χ1v) is 7.72. The quantitative estimate of drug-likeness (QED) is 0.667. The second kappa shape index (κ2) is 5.58. The predicted octanol–water partition coefficient (Wildman–Crippen LogP) is 3.33. The zero-order valence-corrected chi connectivity index (χ0v) is 12.9. The van der Waals surface area contributed by atoms with Crippen LogP contribution in [0.5, 0.6) is 0 Å². The number of halogens is 1. The van der Waals surface area contributed by atoms with Gasteiger partial charge in [-0.15, -0.1) is 22.7 Å². The van der Waals surface area contributed by atoms with Gasteiger partial charge < -0.3 is 0 Å². The lowest BCUT2D eigenvalue weighted by atomic mass is 10.1. The number of aryl methyl sites for hydroxylation is 2. The maximum atomic E-state index is 5.62. The van der Waals surface area contributed by atoms with Crippen molar-refractivity contribution < 1.29 is 0 Å². The summed E-state index contributed by atoms with van der Waals surface area (Å²) in [7, 11) is 0. The highest BCUT2D eigenvalue weighted by Gasteiger charge is 2.15. The van der Waals surface area contributed by atoms with E-state index >= 15 is 0 Å². The lowest BCUT2D eigenvalue weighted by Gasteiger charge is -2.12. The largest absolute Gasteiger partial charge is 0.271 e. The minimum absolute atomic E-state index is 0.127. The Bertz CT molecular complexity index is 487. The summed E-state index contributed by atoms with van der Waals surface area (Å²) >= 11 is 6.88. The Kier molecular flexibility index (Phi) is 4.32. The zero-order valence-electron chi connectivity index (χ0n) is 9.66. The van der Waals surface area contributed by atoms with Gasteiger partial charge in [0.2, 0.25) is 0 Å². The van der Waals surface area contributed by atoms with Gasteiger partial charge in [0.05, 0.1) is 20.5 Å². The number of aromatic nitrogens is 1. The van der Waals surface area contributed by atoms with Crippen LogP contribution in [0.2, 0.25) is 0 Å². The van der Waals surface area contributed by atoms with Crippen molar-refractivity contribution in [2.75, 3.05) is 0 Å². The number of hydrogen-bond donors (Lipinski definition) is 2. The molecule has 0 aliphatic rings. The van der Waals surface area contributed by atoms with Gasteiger partial charge in [-0.05, 0) is 46.8 Å². The van der Waals surface area contributed by atoms with Crippen LogP contribution in [0.15, 0.2) is 15.2 Å². The molecule has 0 radical (unpaired) electrons. The highest BCUT2D eigenvalue weighted by atomic mass is 79.9. The van der Waals surface area contributed by atoms with Gasteiger partial charge in [0.15, 0.2) is 0 Å². The van der Waals surface area contributed by atoms with Gasteiger partial charge in [-0.3, -0.25) is 11.3 Å². The maximum Gasteiger partial charge on any atom is 0.0950 e. The van der Waals surface area contributed by atoms with Crippen molar-refractivity contribution in [1.29, 1.82) is 0 Å². The average molecular weight is 332 g/mol. The van der Waals surface area contributed by atoms with Crippen LogP contribution in [0.25, 0.3) is 0 Å². The molecule has 0 fully saturated rings. The second-order valence-electron chi connectivity index (χ2n) is 3.86. The molecule has 2 aromatic heterocycles. The average Bonchev–Trinajstić information content (AvgIpc) is 2.83. The molecule has 2 rings (SSSR count). The lowest BCUT2D eigenvalue weighted by Crippen LogP contribution is -2.29. The summed E-state index contributed by atoms with van der Waals surface area (Å²) < 4.78 is 1.12. The third kappa shape index (κ3) is 3.14. The molecule has 17 heavy (non-hydrogen) atoms. The van der Waals surface area contributed by atoms with Crippen LogP contribution >= 0.6 is 38.6 Å². The van der Waals surface area contributed by atoms with E-state index in [0.717, 1.165) is 20.9 Å². The molecule has 0 aliphatic heterocycles. The van der Waals surface area contributed by atoms with Crippen molar-refractivity contribution in [2.24, 2.45) is 5.84 Å². The fraction of sp³-hybridized carbons (Fsp3) is 0.364. The second-order valence-corrected chi connectivity index (χ2v) is 7.43. The summed E-state index contributed by atoms with van der Waals surface area (Å²) in [4.78, 5) is 5.82. The Balaban J connectivity index is 2.15. The summed E-state index contributed by atoms with van der Waals surface area (Å²) in [6.45, 7) is 4.14. The van der Waals surface area contributed by atoms with Crippen LogP contribution in [0.4, 0.5) is 0 Å². The topological polar surface area (TPSA) is 50.9 Å². The number of nitrogens with zero attached hydrogens (tertiary/aromatic N) is 1. The van der Waals surface area contributed by atoms with Crippen molar-refractivity contribution in [2.45, 2.75) is 26.3 Å². The van der Waals surface area contributed by atoms with Gasteiger partial charge in [0, 0.05) is 11.3 Å². The molecule has 0 aliphatic carbocycles. The molecule has 2 aromatic rings. The minimum Gasteiger partial charge on any atom is -0.271 e. The Hall–Kier alpha value is -0.270. The van der Waals surface area contributed by atoms with E-state index in [1.165, 1.54) is 10.4 Å². The van der Waals surface area contributed by atoms with E-state index in [9.17, 15) is 0 Å². The van der Waals surface area contributed by atoms with Crippen molar-refractivity contribution in [3.05, 3.63) is 36.4 Å². The van der Waals surface area contributed by atoms with E-state index in [0.29, 0.717) is 0 Å². The molecule has 0 amide bonds. The van der Waals surface area contributed by atoms with E-state index in [1.807, 2.05) is 6.92 Å². The van der Waals surface area contributed by atoms with Gasteiger partial charge in [0.25, 0.3) is 0 Å². The first-order valence-electron chi connectivity index (χ1n) is 5.23. The highest BCUT2D eigenvalue weighted by Crippen LogP contribution is 2.28. The number of thiophene rings is 1. The Morgan fingerprint density at radius 1 is 1.53 bits per heavy atom. The van der Waals surface area contributed by atoms with E-state index in [2.05, 4.69) is 44.7 Å². The normalized spacial score (nSPS) is 12.9. The molecule has 3 nitrogen and oxygen atoms in total. The standard InChI is InChI=1S/C11H14BrN3S2/c1-6-7(2)17-11(14-6)4-9(15-13)8-3-10(12)16-5-8/h3,5,9,15H,4,13H2,1-2H3. The van der Waals surface area contributed by atoms with Gasteiger partial charge in [-0.2, -0.15) is 0 Å². The maximum absolute atomic E-state index is 5.62. The van der Waals surface area contributed by atoms with Crippen LogP contribution in [0.1, 0.15) is 27.2 Å². The van der Waals surface area contributed by atoms with Crippen LogP contribution in [-0.2, 0) is 6.42 Å². The first-order chi connectivity index (χ1) is 8.10. The summed E-state index contributed by atoms with van der Waals surface area (Å²) in [6.07, 6.45) is 0.832. The van der Waals surface area contributed by atoms with E-state index < -0.39 is 0 Å². The molecule has 0 bridgehead atoms. The Morgan fingerprint density at radius 2 is 2.29 bits per heavy atom. The molecule has 2 heterocycles. The molecule has 0 aromatic carbocycles. The van der Waals surface area contributed by atoms with E-state index in [4.69, 9.17) is 5.84 Å². The molecular weight excluding hydrogens is 318 g/mol. The summed E-state index contributed by atoms with van der Waals surface area (Å²) in [5.41, 5.74) is 5.18. The zero-order chi connectivity index (χ0) is 12.4. The monoisotopic (exact) mass is 331 g/mol. The highest BCUT2D eigenvalue weighted by molar-refractivity contribution is 9.11. The predicted molar refractivity (Wildman–Crippen MR) is 77.4 cm³/mol. The Labute approximate surface area is 117 Å². The van der Waals surface area contributed by atoms with Gasteiger partial charge >= 0.3 is 0 Å². The Morgan fingerprint density at radius 3 is 2.76 bits per heavy atom. The van der Waals surface area contributed by atoms with Crippen LogP contribution in [0, 0.1) is 13.8 Å². The van der Waals surface area contributed by atoms with Gasteiger partial charge in [0.1, 0.15) is 0 Å². The number of nitrogens with one attached hydrogen (secondary N) is 1. The van der Waals surface area contributed by atoms with Crippen LogP contribution in [-0.4, -0.2) is 4.98 Å². The third-order valence-corrected chi connectivity index (χ3v) is 5.26. The molecule has 1 atom stereocenters. The van der Waals surface area contributed by atoms with Gasteiger partial charge in [-0.25, -0.2) is 4.98 Å². The lowest BCUT2D eigenvalue weighted by molar-refractivity contribution is 0.552. The minimum atomic E-state index is 0.127. The van der Waals surface area contributed by atoms with Crippen molar-refractivity contribution in [3.63, 3.8) is 0 Å². The third-order valence-electron chi connectivity index (χ3n) is 2.64. The molecule has 3 N–H and O–H groups in total. The summed E-state index contributed by atoms with van der Waals surface area (Å²) in [5.74, 6) is 5.62. The number of hydrogen-bond acceptors (Lipinski definition) is 5. The molecular formula is C11H14BrN3S2. The SMILES string of the molecule is Cc1nc(CC(NN)c2csc(Br)c2)sc1C. The summed E-state index contributed by atoms with van der Waals surface area (Å²) in [6, 6.07) is 2.23. The molecule has 1 unspecified atom stereocenters. The van der Waals surface area contributed by atoms with Gasteiger partial charge in [-0.1, -0.05) is 0 Å². The number of thiazole rings is 1. The molecule has 92 valence electrons. The van der Waals surface area contributed by atoms with Crippen molar-refractivity contribution >= 4 is 38.6 Å². The number of nitrogens with two attached hydrogens (primary N) is 1. The molecule has 0 saturated heterocycles. The van der Waals surface area contributed by atoms with E-state index in [-0.39, 0.29) is 6.04 Å². The first kappa shape index (κ1) is 13.2. The number of rotatable bonds is 4. The molecule has 6 heteroatoms. The van der Waals surface area contributed by atoms with Crippen LogP contribution in [0.3, 0.4) is 0 Å². The van der Waals surface area contributed by atoms with Crippen LogP contribution < -0.4 is 11.3 Å². The summed E-state index contributed by atoms with van der Waals surface area (Å²) in [5, 5.41) is 3.24. The van der Waals surface area contributed by atoms with Crippen molar-refractivity contribution in [3.8, 4) is 0 Å². The molecule has 0 spiro atoms. The number of hydrazine groups is 1. The fourth-order valence-electron chi connectivity index (χ4n) is 1.58. The fourth-order valence-corrected chi connectivity index (χ4v) is 3.79. The van der Waals surface area contributed by atoms with Crippen molar-refractivity contribution in [1.82, 2.24) is 10.4 Å². The van der Waals surface area contributed by atoms with E-state index in [1.54, 1.807) is 22.7 Å². The molecule has 0 saturated carbocycles.